The SMILES string of the molecule is O=C(CNc1ccc(NC(=O)C2CC2)cc1)Nc1ccccc1Br. The molecule has 0 radical (unpaired) electrons. The maximum Gasteiger partial charge on any atom is 0.243 e. The molecular formula is C18H18BrN3O2. The summed E-state index contributed by atoms with van der Waals surface area (Å²) in [5, 5.41) is 8.78. The highest BCUT2D eigenvalue weighted by molar-refractivity contribution is 9.10. The van der Waals surface area contributed by atoms with Crippen LogP contribution in [0.2, 0.25) is 0 Å². The van der Waals surface area contributed by atoms with E-state index in [1.807, 2.05) is 48.5 Å². The molecule has 3 rings (SSSR count). The van der Waals surface area contributed by atoms with Crippen molar-refractivity contribution in [2.45, 2.75) is 12.8 Å². The van der Waals surface area contributed by atoms with E-state index in [0.717, 1.165) is 34.4 Å². The molecule has 0 atom stereocenters. The largest absolute Gasteiger partial charge is 0.376 e. The number of carbonyl (C=O) groups excluding carboxylic acids is 2. The van der Waals surface area contributed by atoms with Crippen molar-refractivity contribution in [3.8, 4) is 0 Å². The van der Waals surface area contributed by atoms with E-state index in [9.17, 15) is 9.59 Å². The Morgan fingerprint density at radius 3 is 2.29 bits per heavy atom. The summed E-state index contributed by atoms with van der Waals surface area (Å²) in [6.07, 6.45) is 1.97. The lowest BCUT2D eigenvalue weighted by Crippen LogP contribution is -2.21. The third kappa shape index (κ3) is 4.58. The van der Waals surface area contributed by atoms with Gasteiger partial charge in [0.15, 0.2) is 0 Å². The second-order valence-electron chi connectivity index (χ2n) is 5.72. The van der Waals surface area contributed by atoms with E-state index in [4.69, 9.17) is 0 Å². The summed E-state index contributed by atoms with van der Waals surface area (Å²) in [7, 11) is 0. The van der Waals surface area contributed by atoms with Crippen LogP contribution in [0.25, 0.3) is 0 Å². The fourth-order valence-electron chi connectivity index (χ4n) is 2.20. The number of para-hydroxylation sites is 1. The Kier molecular flexibility index (Phi) is 5.15. The molecule has 1 fully saturated rings. The summed E-state index contributed by atoms with van der Waals surface area (Å²) in [6, 6.07) is 14.8. The molecular weight excluding hydrogens is 370 g/mol. The van der Waals surface area contributed by atoms with Gasteiger partial charge in [0.1, 0.15) is 0 Å². The second-order valence-corrected chi connectivity index (χ2v) is 6.58. The van der Waals surface area contributed by atoms with Crippen LogP contribution in [-0.4, -0.2) is 18.4 Å². The first-order chi connectivity index (χ1) is 11.6. The maximum absolute atomic E-state index is 12.0. The van der Waals surface area contributed by atoms with Crippen LogP contribution >= 0.6 is 15.9 Å². The first-order valence-corrected chi connectivity index (χ1v) is 8.60. The Labute approximate surface area is 149 Å². The van der Waals surface area contributed by atoms with E-state index in [-0.39, 0.29) is 24.3 Å². The first-order valence-electron chi connectivity index (χ1n) is 7.81. The van der Waals surface area contributed by atoms with Gasteiger partial charge in [0.05, 0.1) is 12.2 Å². The van der Waals surface area contributed by atoms with Crippen LogP contribution in [0.4, 0.5) is 17.1 Å². The van der Waals surface area contributed by atoms with Crippen LogP contribution < -0.4 is 16.0 Å². The minimum Gasteiger partial charge on any atom is -0.376 e. The lowest BCUT2D eigenvalue weighted by Gasteiger charge is -2.10. The average Bonchev–Trinajstić information content (AvgIpc) is 3.41. The summed E-state index contributed by atoms with van der Waals surface area (Å²) < 4.78 is 0.842. The van der Waals surface area contributed by atoms with E-state index in [1.54, 1.807) is 0 Å². The molecule has 2 amide bonds. The summed E-state index contributed by atoms with van der Waals surface area (Å²) >= 11 is 3.39. The third-order valence-corrected chi connectivity index (χ3v) is 4.39. The molecule has 5 nitrogen and oxygen atoms in total. The molecule has 0 bridgehead atoms. The van der Waals surface area contributed by atoms with Gasteiger partial charge in [-0.3, -0.25) is 9.59 Å². The quantitative estimate of drug-likeness (QED) is 0.704. The minimum atomic E-state index is -0.131. The lowest BCUT2D eigenvalue weighted by atomic mass is 10.2. The van der Waals surface area contributed by atoms with Gasteiger partial charge in [0.25, 0.3) is 0 Å². The molecule has 1 aliphatic carbocycles. The van der Waals surface area contributed by atoms with Crippen molar-refractivity contribution >= 4 is 44.8 Å². The van der Waals surface area contributed by atoms with Crippen LogP contribution in [0.5, 0.6) is 0 Å². The average molecular weight is 388 g/mol. The van der Waals surface area contributed by atoms with Gasteiger partial charge in [-0.1, -0.05) is 12.1 Å². The van der Waals surface area contributed by atoms with Gasteiger partial charge in [-0.2, -0.15) is 0 Å². The fraction of sp³-hybridized carbons (Fsp3) is 0.222. The number of hydrogen-bond acceptors (Lipinski definition) is 3. The molecule has 0 aliphatic heterocycles. The van der Waals surface area contributed by atoms with Crippen molar-refractivity contribution in [3.63, 3.8) is 0 Å². The molecule has 2 aromatic carbocycles. The highest BCUT2D eigenvalue weighted by Crippen LogP contribution is 2.30. The summed E-state index contributed by atoms with van der Waals surface area (Å²) in [5.41, 5.74) is 2.33. The first kappa shape index (κ1) is 16.5. The predicted molar refractivity (Wildman–Crippen MR) is 99.1 cm³/mol. The number of anilines is 3. The topological polar surface area (TPSA) is 70.2 Å². The molecule has 0 aromatic heterocycles. The Hall–Kier alpha value is -2.34. The van der Waals surface area contributed by atoms with Gasteiger partial charge in [0.2, 0.25) is 11.8 Å². The monoisotopic (exact) mass is 387 g/mol. The zero-order valence-corrected chi connectivity index (χ0v) is 14.6. The number of halogens is 1. The zero-order chi connectivity index (χ0) is 16.9. The molecule has 6 heteroatoms. The van der Waals surface area contributed by atoms with E-state index in [1.165, 1.54) is 0 Å². The molecule has 0 saturated heterocycles. The number of amides is 2. The highest BCUT2D eigenvalue weighted by Gasteiger charge is 2.29. The smallest absolute Gasteiger partial charge is 0.243 e. The molecule has 1 saturated carbocycles. The minimum absolute atomic E-state index is 0.0866. The number of hydrogen-bond donors (Lipinski definition) is 3. The van der Waals surface area contributed by atoms with E-state index in [2.05, 4.69) is 31.9 Å². The lowest BCUT2D eigenvalue weighted by molar-refractivity contribution is -0.117. The second kappa shape index (κ2) is 7.49. The zero-order valence-electron chi connectivity index (χ0n) is 13.0. The van der Waals surface area contributed by atoms with Crippen LogP contribution in [0.3, 0.4) is 0 Å². The molecule has 0 unspecified atom stereocenters. The predicted octanol–water partition coefficient (Wildman–Crippen LogP) is 3.85. The Morgan fingerprint density at radius 2 is 1.62 bits per heavy atom. The Balaban J connectivity index is 1.48. The number of nitrogens with one attached hydrogen (secondary N) is 3. The molecule has 124 valence electrons. The van der Waals surface area contributed by atoms with Crippen LogP contribution in [-0.2, 0) is 9.59 Å². The molecule has 0 heterocycles. The number of benzene rings is 2. The van der Waals surface area contributed by atoms with Crippen molar-refractivity contribution in [2.75, 3.05) is 22.5 Å². The van der Waals surface area contributed by atoms with Crippen molar-refractivity contribution < 1.29 is 9.59 Å². The normalized spacial score (nSPS) is 13.2. The van der Waals surface area contributed by atoms with E-state index in [0.29, 0.717) is 0 Å². The summed E-state index contributed by atoms with van der Waals surface area (Å²) in [6.45, 7) is 0.162. The molecule has 1 aliphatic rings. The highest BCUT2D eigenvalue weighted by atomic mass is 79.9. The van der Waals surface area contributed by atoms with Crippen molar-refractivity contribution in [3.05, 3.63) is 53.0 Å². The summed E-state index contributed by atoms with van der Waals surface area (Å²) in [4.78, 5) is 23.7. The number of carbonyl (C=O) groups is 2. The van der Waals surface area contributed by atoms with Crippen LogP contribution in [0, 0.1) is 5.92 Å². The van der Waals surface area contributed by atoms with Gasteiger partial charge in [0, 0.05) is 21.8 Å². The van der Waals surface area contributed by atoms with Gasteiger partial charge < -0.3 is 16.0 Å². The maximum atomic E-state index is 12.0. The standard InChI is InChI=1S/C18H18BrN3O2/c19-15-3-1-2-4-16(15)22-17(23)11-20-13-7-9-14(10-8-13)21-18(24)12-5-6-12/h1-4,7-10,12,20H,5-6,11H2,(H,21,24)(H,22,23). The number of rotatable bonds is 6. The Bertz CT molecular complexity index is 742. The molecule has 3 N–H and O–H groups in total. The van der Waals surface area contributed by atoms with Gasteiger partial charge in [-0.05, 0) is 65.2 Å². The Morgan fingerprint density at radius 1 is 0.958 bits per heavy atom. The van der Waals surface area contributed by atoms with Crippen molar-refractivity contribution in [1.29, 1.82) is 0 Å². The molecule has 0 spiro atoms. The van der Waals surface area contributed by atoms with E-state index >= 15 is 0 Å². The summed E-state index contributed by atoms with van der Waals surface area (Å²) in [5.74, 6) is 0.139. The van der Waals surface area contributed by atoms with Crippen molar-refractivity contribution in [1.82, 2.24) is 0 Å². The van der Waals surface area contributed by atoms with E-state index < -0.39 is 0 Å². The van der Waals surface area contributed by atoms with Crippen molar-refractivity contribution in [2.24, 2.45) is 5.92 Å². The third-order valence-electron chi connectivity index (χ3n) is 3.70. The van der Waals surface area contributed by atoms with Crippen LogP contribution in [0.1, 0.15) is 12.8 Å². The van der Waals surface area contributed by atoms with Crippen LogP contribution in [0.15, 0.2) is 53.0 Å². The van der Waals surface area contributed by atoms with Gasteiger partial charge in [-0.25, -0.2) is 0 Å². The molecule has 2 aromatic rings. The molecule has 24 heavy (non-hydrogen) atoms. The van der Waals surface area contributed by atoms with Gasteiger partial charge >= 0.3 is 0 Å². The fourth-order valence-corrected chi connectivity index (χ4v) is 2.58. The van der Waals surface area contributed by atoms with Gasteiger partial charge in [-0.15, -0.1) is 0 Å².